The van der Waals surface area contributed by atoms with E-state index in [0.29, 0.717) is 12.8 Å². The van der Waals surface area contributed by atoms with Crippen LogP contribution < -0.4 is 0 Å². The number of cyclic esters (lactones) is 1. The molecule has 0 saturated carbocycles. The maximum absolute atomic E-state index is 13.0. The van der Waals surface area contributed by atoms with E-state index in [2.05, 4.69) is 0 Å². The number of carbonyl (C=O) groups is 3. The van der Waals surface area contributed by atoms with E-state index in [1.54, 1.807) is 71.8 Å². The van der Waals surface area contributed by atoms with Gasteiger partial charge in [0.1, 0.15) is 24.4 Å². The van der Waals surface area contributed by atoms with Crippen LogP contribution in [0.2, 0.25) is 0 Å². The molecule has 3 heterocycles. The van der Waals surface area contributed by atoms with Crippen LogP contribution in [0.4, 0.5) is 0 Å². The first-order valence-electron chi connectivity index (χ1n) is 21.3. The molecule has 0 spiro atoms. The van der Waals surface area contributed by atoms with Crippen molar-refractivity contribution in [3.05, 3.63) is 24.3 Å². The largest absolute Gasteiger partial charge is 0.462 e. The number of rotatable bonds is 14. The molecule has 0 aliphatic carbocycles. The molecule has 2 fully saturated rings. The van der Waals surface area contributed by atoms with Crippen molar-refractivity contribution in [2.24, 2.45) is 11.8 Å². The number of hydrogen-bond acceptors (Lipinski definition) is 17. The zero-order chi connectivity index (χ0) is 44.9. The third-order valence-corrected chi connectivity index (χ3v) is 11.5. The number of esters is 3. The monoisotopic (exact) mass is 859 g/mol. The standard InChI is InChI=1S/C43H73NO16/c1-12-17-32(48)57-41-27(6)55-35(23-43(41,7)60-31(47)13-2)58-38-26(5)56-42(37(51)36(38)44(8)9)59-39-28(21-33(49)52-10)20-24(3)29(45)19-16-14-15-18-25(4)54-34(50)22-30(46)40(39)53-11/h14-16,19,24-30,33,35-42,45-46,49,51H,12-13,17-18,20-23H2,1-11H3/b15-14+,19-16+/t24-,25-,26-,27+,28-,29+,30-,33?,35+,36-,37-,38-,39+,40+,41+,42+,43-/m1/s1. The van der Waals surface area contributed by atoms with Crippen LogP contribution in [0.15, 0.2) is 24.3 Å². The predicted octanol–water partition coefficient (Wildman–Crippen LogP) is 2.92. The maximum Gasteiger partial charge on any atom is 0.308 e. The van der Waals surface area contributed by atoms with Gasteiger partial charge in [0.25, 0.3) is 0 Å². The van der Waals surface area contributed by atoms with E-state index in [9.17, 15) is 34.8 Å². The van der Waals surface area contributed by atoms with Crippen molar-refractivity contribution in [3.63, 3.8) is 0 Å². The number of allylic oxidation sites excluding steroid dienone is 2. The molecule has 0 aromatic carbocycles. The van der Waals surface area contributed by atoms with Crippen molar-refractivity contribution in [2.45, 2.75) is 191 Å². The second kappa shape index (κ2) is 24.3. The number of aliphatic hydroxyl groups is 4. The summed E-state index contributed by atoms with van der Waals surface area (Å²) in [6, 6.07) is -0.794. The van der Waals surface area contributed by atoms with Crippen molar-refractivity contribution in [2.75, 3.05) is 28.3 Å². The third kappa shape index (κ3) is 14.5. The Hall–Kier alpha value is -2.55. The summed E-state index contributed by atoms with van der Waals surface area (Å²) in [4.78, 5) is 40.1. The van der Waals surface area contributed by atoms with Gasteiger partial charge in [-0.05, 0) is 66.5 Å². The molecule has 3 aliphatic heterocycles. The molecule has 60 heavy (non-hydrogen) atoms. The molecular weight excluding hydrogens is 786 g/mol. The number of likely N-dealkylation sites (N-methyl/N-ethyl adjacent to an activating group) is 1. The van der Waals surface area contributed by atoms with E-state index >= 15 is 0 Å². The van der Waals surface area contributed by atoms with Gasteiger partial charge in [-0.2, -0.15) is 0 Å². The number of ether oxygens (including phenoxy) is 9. The first kappa shape index (κ1) is 51.8. The molecule has 1 unspecified atom stereocenters. The minimum Gasteiger partial charge on any atom is -0.462 e. The molecule has 17 heteroatoms. The van der Waals surface area contributed by atoms with Crippen molar-refractivity contribution in [1.82, 2.24) is 4.90 Å². The van der Waals surface area contributed by atoms with Crippen LogP contribution in [0.5, 0.6) is 0 Å². The number of nitrogens with zero attached hydrogens (tertiary/aromatic N) is 1. The molecular formula is C43H73NO16. The van der Waals surface area contributed by atoms with Gasteiger partial charge < -0.3 is 68.0 Å². The molecule has 346 valence electrons. The molecule has 0 amide bonds. The number of methoxy groups -OCH3 is 2. The fourth-order valence-corrected chi connectivity index (χ4v) is 8.30. The predicted molar refractivity (Wildman–Crippen MR) is 217 cm³/mol. The maximum atomic E-state index is 13.0. The number of carbonyl (C=O) groups excluding carboxylic acids is 3. The van der Waals surface area contributed by atoms with E-state index < -0.39 is 128 Å². The Morgan fingerprint density at radius 2 is 1.67 bits per heavy atom. The van der Waals surface area contributed by atoms with Crippen molar-refractivity contribution < 1.29 is 77.4 Å². The molecule has 17 nitrogen and oxygen atoms in total. The average Bonchev–Trinajstić information content (AvgIpc) is 3.16. The van der Waals surface area contributed by atoms with Crippen molar-refractivity contribution in [1.29, 1.82) is 0 Å². The van der Waals surface area contributed by atoms with Crippen LogP contribution in [0.1, 0.15) is 99.8 Å². The van der Waals surface area contributed by atoms with Crippen LogP contribution in [-0.4, -0.2) is 163 Å². The third-order valence-electron chi connectivity index (χ3n) is 11.5. The molecule has 0 aromatic heterocycles. The summed E-state index contributed by atoms with van der Waals surface area (Å²) in [7, 11) is 6.20. The van der Waals surface area contributed by atoms with E-state index in [1.807, 2.05) is 19.9 Å². The highest BCUT2D eigenvalue weighted by atomic mass is 16.7. The highest BCUT2D eigenvalue weighted by Crippen LogP contribution is 2.39. The summed E-state index contributed by atoms with van der Waals surface area (Å²) in [5.41, 5.74) is -1.31. The minimum atomic E-state index is -1.46. The van der Waals surface area contributed by atoms with Gasteiger partial charge in [0.05, 0.1) is 43.0 Å². The first-order valence-corrected chi connectivity index (χ1v) is 21.3. The Kier molecular flexibility index (Phi) is 21.0. The lowest BCUT2D eigenvalue weighted by atomic mass is 9.82. The van der Waals surface area contributed by atoms with Crippen LogP contribution >= 0.6 is 0 Å². The summed E-state index contributed by atoms with van der Waals surface area (Å²) in [5.74, 6) is -2.69. The quantitative estimate of drug-likeness (QED) is 0.112. The van der Waals surface area contributed by atoms with Gasteiger partial charge in [0, 0.05) is 46.3 Å². The van der Waals surface area contributed by atoms with Crippen LogP contribution in [0, 0.1) is 11.8 Å². The van der Waals surface area contributed by atoms with Gasteiger partial charge in [-0.3, -0.25) is 14.4 Å². The zero-order valence-electron chi connectivity index (χ0n) is 37.3. The van der Waals surface area contributed by atoms with Gasteiger partial charge >= 0.3 is 17.9 Å². The number of hydrogen-bond donors (Lipinski definition) is 4. The molecule has 0 bridgehead atoms. The highest BCUT2D eigenvalue weighted by molar-refractivity contribution is 5.71. The number of aliphatic hydroxyl groups excluding tert-OH is 4. The molecule has 17 atom stereocenters. The highest BCUT2D eigenvalue weighted by Gasteiger charge is 2.54. The summed E-state index contributed by atoms with van der Waals surface area (Å²) in [6.45, 7) is 12.2. The smallest absolute Gasteiger partial charge is 0.308 e. The Labute approximate surface area is 355 Å². The normalized spacial score (nSPS) is 40.3. The Morgan fingerprint density at radius 3 is 2.28 bits per heavy atom. The molecule has 4 N–H and O–H groups in total. The minimum absolute atomic E-state index is 0.00224. The Morgan fingerprint density at radius 1 is 0.967 bits per heavy atom. The topological polar surface area (TPSA) is 218 Å². The van der Waals surface area contributed by atoms with Crippen molar-refractivity contribution >= 4 is 17.9 Å². The molecule has 0 radical (unpaired) electrons. The summed E-state index contributed by atoms with van der Waals surface area (Å²) < 4.78 is 54.3. The van der Waals surface area contributed by atoms with E-state index in [-0.39, 0.29) is 32.1 Å². The van der Waals surface area contributed by atoms with Gasteiger partial charge in [-0.15, -0.1) is 0 Å². The molecule has 3 aliphatic rings. The van der Waals surface area contributed by atoms with Gasteiger partial charge in [-0.25, -0.2) is 0 Å². The van der Waals surface area contributed by atoms with Gasteiger partial charge in [0.2, 0.25) is 0 Å². The Balaban J connectivity index is 1.99. The van der Waals surface area contributed by atoms with Crippen LogP contribution in [-0.2, 0) is 57.0 Å². The van der Waals surface area contributed by atoms with Gasteiger partial charge in [-0.1, -0.05) is 45.1 Å². The molecule has 0 aromatic rings. The second-order valence-corrected chi connectivity index (χ2v) is 16.8. The summed E-state index contributed by atoms with van der Waals surface area (Å²) in [6.07, 6.45) is -5.63. The molecule has 2 saturated heterocycles. The first-order chi connectivity index (χ1) is 28.3. The van der Waals surface area contributed by atoms with E-state index in [4.69, 9.17) is 42.6 Å². The van der Waals surface area contributed by atoms with Crippen LogP contribution in [0.3, 0.4) is 0 Å². The fraction of sp³-hybridized carbons (Fsp3) is 0.837. The summed E-state index contributed by atoms with van der Waals surface area (Å²) in [5, 5.41) is 45.7. The Bertz CT molecular complexity index is 1400. The SMILES string of the molecule is CCCC(=O)O[C@H]1[C@H](C)O[C@@H](O[C@H]2[C@H](N(C)C)[C@@H](O)[C@H](O[C@H]3[C@@H](CC(O)OC)C[C@@H](C)[C@@H](O)/C=C/C=C/C[C@@H](C)OC(=O)C[C@@H](O)[C@@H]3OC)O[C@@H]2C)C[C@@]1(C)OC(=O)CC. The lowest BCUT2D eigenvalue weighted by molar-refractivity contribution is -0.345. The second-order valence-electron chi connectivity index (χ2n) is 16.8. The fourth-order valence-electron chi connectivity index (χ4n) is 8.30. The van der Waals surface area contributed by atoms with Crippen LogP contribution in [0.25, 0.3) is 0 Å². The van der Waals surface area contributed by atoms with Gasteiger partial charge in [0.15, 0.2) is 30.6 Å². The van der Waals surface area contributed by atoms with E-state index in [1.165, 1.54) is 14.2 Å². The average molecular weight is 860 g/mol. The molecule has 3 rings (SSSR count). The lowest BCUT2D eigenvalue weighted by Gasteiger charge is -2.51. The summed E-state index contributed by atoms with van der Waals surface area (Å²) >= 11 is 0. The van der Waals surface area contributed by atoms with Crippen molar-refractivity contribution in [3.8, 4) is 0 Å². The van der Waals surface area contributed by atoms with E-state index in [0.717, 1.165) is 0 Å². The zero-order valence-corrected chi connectivity index (χ0v) is 37.3. The lowest BCUT2D eigenvalue weighted by Crippen LogP contribution is -2.66.